The van der Waals surface area contributed by atoms with Gasteiger partial charge in [0.05, 0.1) is 24.9 Å². The van der Waals surface area contributed by atoms with E-state index in [-0.39, 0.29) is 6.10 Å². The summed E-state index contributed by atoms with van der Waals surface area (Å²) in [5, 5.41) is 3.29. The van der Waals surface area contributed by atoms with Crippen LogP contribution in [0.5, 0.6) is 0 Å². The molecule has 1 unspecified atom stereocenters. The average Bonchev–Trinajstić information content (AvgIpc) is 2.78. The Labute approximate surface area is 122 Å². The summed E-state index contributed by atoms with van der Waals surface area (Å²) in [7, 11) is 5.56. The van der Waals surface area contributed by atoms with E-state index in [1.807, 2.05) is 13.1 Å². The lowest BCUT2D eigenvalue weighted by molar-refractivity contribution is 0.0607. The number of aryl methyl sites for hydroxylation is 1. The van der Waals surface area contributed by atoms with Crippen molar-refractivity contribution in [3.63, 3.8) is 0 Å². The van der Waals surface area contributed by atoms with Crippen LogP contribution in [0.4, 0.5) is 5.95 Å². The van der Waals surface area contributed by atoms with Gasteiger partial charge >= 0.3 is 0 Å². The highest BCUT2D eigenvalue weighted by atomic mass is 16.5. The van der Waals surface area contributed by atoms with Crippen LogP contribution in [0.3, 0.4) is 0 Å². The van der Waals surface area contributed by atoms with Gasteiger partial charge in [-0.1, -0.05) is 6.92 Å². The molecule has 0 aliphatic carbocycles. The topological polar surface area (TPSA) is 51.6 Å². The van der Waals surface area contributed by atoms with Crippen LogP contribution in [0, 0.1) is 6.92 Å². The molecule has 0 aromatic carbocycles. The zero-order valence-corrected chi connectivity index (χ0v) is 13.3. The van der Waals surface area contributed by atoms with E-state index < -0.39 is 0 Å². The number of nitrogens with zero attached hydrogens (tertiary/aromatic N) is 3. The lowest BCUT2D eigenvalue weighted by Crippen LogP contribution is -2.33. The van der Waals surface area contributed by atoms with Crippen LogP contribution in [-0.4, -0.2) is 68.1 Å². The third kappa shape index (κ3) is 5.48. The number of methoxy groups -OCH3 is 2. The number of imidazole rings is 1. The first-order valence-corrected chi connectivity index (χ1v) is 7.08. The van der Waals surface area contributed by atoms with Gasteiger partial charge in [-0.2, -0.15) is 0 Å². The lowest BCUT2D eigenvalue weighted by Gasteiger charge is -2.23. The smallest absolute Gasteiger partial charge is 0.203 e. The number of likely N-dealkylation sites (N-methyl/N-ethyl adjacent to an activating group) is 1. The van der Waals surface area contributed by atoms with Gasteiger partial charge < -0.3 is 24.3 Å². The molecule has 1 heterocycles. The van der Waals surface area contributed by atoms with E-state index in [4.69, 9.17) is 9.47 Å². The van der Waals surface area contributed by atoms with Crippen LogP contribution >= 0.6 is 0 Å². The molecule has 0 aliphatic heterocycles. The van der Waals surface area contributed by atoms with Crippen LogP contribution in [-0.2, 0) is 16.0 Å². The van der Waals surface area contributed by atoms with E-state index in [2.05, 4.69) is 33.7 Å². The molecule has 0 aliphatic rings. The largest absolute Gasteiger partial charge is 0.383 e. The number of nitrogens with one attached hydrogen (secondary N) is 1. The Morgan fingerprint density at radius 3 is 2.80 bits per heavy atom. The van der Waals surface area contributed by atoms with Crippen molar-refractivity contribution in [3.8, 4) is 0 Å². The first-order valence-electron chi connectivity index (χ1n) is 7.08. The van der Waals surface area contributed by atoms with E-state index in [0.717, 1.165) is 37.8 Å². The van der Waals surface area contributed by atoms with Gasteiger partial charge in [-0.25, -0.2) is 4.98 Å². The van der Waals surface area contributed by atoms with Gasteiger partial charge in [0.1, 0.15) is 0 Å². The maximum absolute atomic E-state index is 5.57. The summed E-state index contributed by atoms with van der Waals surface area (Å²) >= 11 is 0. The van der Waals surface area contributed by atoms with E-state index >= 15 is 0 Å². The van der Waals surface area contributed by atoms with Crippen molar-refractivity contribution in [2.24, 2.45) is 0 Å². The Morgan fingerprint density at radius 2 is 2.20 bits per heavy atom. The maximum Gasteiger partial charge on any atom is 0.203 e. The summed E-state index contributed by atoms with van der Waals surface area (Å²) in [6.07, 6.45) is 2.20. The molecular weight excluding hydrogens is 256 g/mol. The van der Waals surface area contributed by atoms with Crippen molar-refractivity contribution in [1.82, 2.24) is 14.5 Å². The van der Waals surface area contributed by atoms with E-state index in [0.29, 0.717) is 6.61 Å². The Bertz CT molecular complexity index is 381. The van der Waals surface area contributed by atoms with Crippen molar-refractivity contribution >= 4 is 5.95 Å². The highest BCUT2D eigenvalue weighted by Gasteiger charge is 2.14. The van der Waals surface area contributed by atoms with Crippen molar-refractivity contribution in [2.45, 2.75) is 26.5 Å². The molecule has 6 heteroatoms. The summed E-state index contributed by atoms with van der Waals surface area (Å²) in [6, 6.07) is 0. The number of hydrogen-bond donors (Lipinski definition) is 1. The quantitative estimate of drug-likeness (QED) is 0.655. The highest BCUT2D eigenvalue weighted by molar-refractivity contribution is 5.28. The van der Waals surface area contributed by atoms with Crippen molar-refractivity contribution in [2.75, 3.05) is 52.8 Å². The maximum atomic E-state index is 5.57. The Morgan fingerprint density at radius 1 is 1.45 bits per heavy atom. The number of anilines is 1. The minimum absolute atomic E-state index is 0.150. The van der Waals surface area contributed by atoms with Crippen LogP contribution in [0.1, 0.15) is 12.6 Å². The van der Waals surface area contributed by atoms with Crippen LogP contribution in [0.15, 0.2) is 6.20 Å². The summed E-state index contributed by atoms with van der Waals surface area (Å²) in [5.41, 5.74) is 1.00. The van der Waals surface area contributed by atoms with Gasteiger partial charge in [-0.3, -0.25) is 0 Å². The molecule has 6 nitrogen and oxygen atoms in total. The van der Waals surface area contributed by atoms with Gasteiger partial charge in [0.25, 0.3) is 0 Å². The van der Waals surface area contributed by atoms with Gasteiger partial charge in [-0.15, -0.1) is 0 Å². The molecule has 116 valence electrons. The second kappa shape index (κ2) is 8.94. The first-order chi connectivity index (χ1) is 9.60. The highest BCUT2D eigenvalue weighted by Crippen LogP contribution is 2.10. The minimum atomic E-state index is 0.150. The predicted octanol–water partition coefficient (Wildman–Crippen LogP) is 1.22. The normalized spacial score (nSPS) is 12.9. The molecule has 0 bridgehead atoms. The number of ether oxygens (including phenoxy) is 2. The molecule has 0 saturated heterocycles. The summed E-state index contributed by atoms with van der Waals surface area (Å²) in [4.78, 5) is 6.74. The van der Waals surface area contributed by atoms with E-state index in [1.165, 1.54) is 0 Å². The molecule has 20 heavy (non-hydrogen) atoms. The molecule has 0 spiro atoms. The molecule has 1 aromatic rings. The SMILES string of the molecule is CCN(C)CC(Cn1cc(C)nc1NCCOC)OC. The third-order valence-corrected chi connectivity index (χ3v) is 3.28. The summed E-state index contributed by atoms with van der Waals surface area (Å²) < 4.78 is 12.7. The fourth-order valence-electron chi connectivity index (χ4n) is 1.99. The van der Waals surface area contributed by atoms with Gasteiger partial charge in [-0.05, 0) is 20.5 Å². The lowest BCUT2D eigenvalue weighted by atomic mass is 10.3. The molecule has 0 amide bonds. The van der Waals surface area contributed by atoms with Gasteiger partial charge in [0, 0.05) is 33.5 Å². The Hall–Kier alpha value is -1.11. The zero-order valence-electron chi connectivity index (χ0n) is 13.3. The molecule has 1 aromatic heterocycles. The Kier molecular flexibility index (Phi) is 7.58. The fraction of sp³-hybridized carbons (Fsp3) is 0.786. The predicted molar refractivity (Wildman–Crippen MR) is 81.3 cm³/mol. The third-order valence-electron chi connectivity index (χ3n) is 3.28. The molecule has 1 rings (SSSR count). The fourth-order valence-corrected chi connectivity index (χ4v) is 1.99. The van der Waals surface area contributed by atoms with Crippen LogP contribution < -0.4 is 5.32 Å². The molecular formula is C14H28N4O2. The van der Waals surface area contributed by atoms with Crippen LogP contribution in [0.2, 0.25) is 0 Å². The molecule has 0 fully saturated rings. The summed E-state index contributed by atoms with van der Waals surface area (Å²) in [6.45, 7) is 8.27. The zero-order chi connectivity index (χ0) is 15.0. The van der Waals surface area contributed by atoms with E-state index in [9.17, 15) is 0 Å². The standard InChI is InChI=1S/C14H28N4O2/c1-6-17(3)10-13(20-5)11-18-9-12(2)16-14(18)15-7-8-19-4/h9,13H,6-8,10-11H2,1-5H3,(H,15,16). The number of aromatic nitrogens is 2. The minimum Gasteiger partial charge on any atom is -0.383 e. The van der Waals surface area contributed by atoms with Crippen molar-refractivity contribution in [3.05, 3.63) is 11.9 Å². The molecule has 1 atom stereocenters. The monoisotopic (exact) mass is 284 g/mol. The average molecular weight is 284 g/mol. The molecule has 0 radical (unpaired) electrons. The van der Waals surface area contributed by atoms with Crippen LogP contribution in [0.25, 0.3) is 0 Å². The van der Waals surface area contributed by atoms with Gasteiger partial charge in [0.2, 0.25) is 5.95 Å². The second-order valence-corrected chi connectivity index (χ2v) is 4.99. The Balaban J connectivity index is 2.64. The first kappa shape index (κ1) is 16.9. The summed E-state index contributed by atoms with van der Waals surface area (Å²) in [5.74, 6) is 0.876. The molecule has 0 saturated carbocycles. The van der Waals surface area contributed by atoms with Crippen molar-refractivity contribution < 1.29 is 9.47 Å². The number of hydrogen-bond acceptors (Lipinski definition) is 5. The second-order valence-electron chi connectivity index (χ2n) is 4.99. The molecule has 1 N–H and O–H groups in total. The van der Waals surface area contributed by atoms with E-state index in [1.54, 1.807) is 14.2 Å². The van der Waals surface area contributed by atoms with Crippen molar-refractivity contribution in [1.29, 1.82) is 0 Å². The number of rotatable bonds is 10. The van der Waals surface area contributed by atoms with Gasteiger partial charge in [0.15, 0.2) is 0 Å².